The van der Waals surface area contributed by atoms with Crippen LogP contribution in [0.15, 0.2) is 53.4 Å². The summed E-state index contributed by atoms with van der Waals surface area (Å²) in [4.78, 5) is 1.20. The van der Waals surface area contributed by atoms with E-state index < -0.39 is 6.10 Å². The van der Waals surface area contributed by atoms with Crippen LogP contribution in [0.4, 0.5) is 0 Å². The Hall–Kier alpha value is -1.89. The molecule has 108 valence electrons. The molecular formula is C18H18O2S. The van der Waals surface area contributed by atoms with Crippen LogP contribution in [0.1, 0.15) is 24.2 Å². The molecule has 1 atom stereocenters. The molecule has 0 aromatic heterocycles. The Bertz CT molecular complexity index is 621. The van der Waals surface area contributed by atoms with E-state index in [0.29, 0.717) is 6.61 Å². The molecule has 2 rings (SSSR count). The van der Waals surface area contributed by atoms with Crippen LogP contribution in [0.3, 0.4) is 0 Å². The van der Waals surface area contributed by atoms with Crippen LogP contribution < -0.4 is 4.74 Å². The zero-order valence-electron chi connectivity index (χ0n) is 12.2. The highest BCUT2D eigenvalue weighted by Crippen LogP contribution is 2.18. The minimum Gasteiger partial charge on any atom is -0.494 e. The molecule has 0 unspecified atom stereocenters. The average Bonchev–Trinajstić information content (AvgIpc) is 2.54. The van der Waals surface area contributed by atoms with Gasteiger partial charge in [-0.25, -0.2) is 0 Å². The van der Waals surface area contributed by atoms with Crippen LogP contribution in [0.25, 0.3) is 0 Å². The van der Waals surface area contributed by atoms with E-state index in [1.165, 1.54) is 4.90 Å². The van der Waals surface area contributed by atoms with Crippen LogP contribution >= 0.6 is 11.8 Å². The first-order chi connectivity index (χ1) is 10.2. The summed E-state index contributed by atoms with van der Waals surface area (Å²) in [5.41, 5.74) is 1.67. The highest BCUT2D eigenvalue weighted by atomic mass is 32.2. The second kappa shape index (κ2) is 7.78. The standard InChI is InChI=1S/C18H18O2S/c1-3-20-16-9-7-15(8-10-16)18(19)13-6-14-4-11-17(21-2)12-5-14/h4-5,7-12,18-19H,3H2,1-2H3/t18-/m0/s1. The van der Waals surface area contributed by atoms with Crippen molar-refractivity contribution in [2.24, 2.45) is 0 Å². The van der Waals surface area contributed by atoms with Crippen molar-refractivity contribution in [1.29, 1.82) is 0 Å². The molecule has 0 aliphatic rings. The van der Waals surface area contributed by atoms with Crippen LogP contribution in [0, 0.1) is 11.8 Å². The third-order valence-corrected chi connectivity index (χ3v) is 3.69. The van der Waals surface area contributed by atoms with Gasteiger partial charge in [0, 0.05) is 10.5 Å². The highest BCUT2D eigenvalue weighted by molar-refractivity contribution is 7.98. The fourth-order valence-electron chi connectivity index (χ4n) is 1.82. The molecular weight excluding hydrogens is 280 g/mol. The van der Waals surface area contributed by atoms with Crippen LogP contribution in [0.5, 0.6) is 5.75 Å². The minimum absolute atomic E-state index is 0.633. The van der Waals surface area contributed by atoms with Gasteiger partial charge in [0.25, 0.3) is 0 Å². The summed E-state index contributed by atoms with van der Waals surface area (Å²) in [5, 5.41) is 10.1. The summed E-state index contributed by atoms with van der Waals surface area (Å²) >= 11 is 1.69. The molecule has 3 heteroatoms. The van der Waals surface area contributed by atoms with Crippen LogP contribution in [0.2, 0.25) is 0 Å². The first-order valence-electron chi connectivity index (χ1n) is 6.79. The van der Waals surface area contributed by atoms with E-state index in [1.54, 1.807) is 11.8 Å². The van der Waals surface area contributed by atoms with Gasteiger partial charge in [0.1, 0.15) is 11.9 Å². The number of ether oxygens (including phenoxy) is 1. The van der Waals surface area contributed by atoms with Gasteiger partial charge in [-0.1, -0.05) is 24.0 Å². The lowest BCUT2D eigenvalue weighted by Crippen LogP contribution is -1.95. The summed E-state index contributed by atoms with van der Waals surface area (Å²) < 4.78 is 5.37. The van der Waals surface area contributed by atoms with Gasteiger partial charge in [0.15, 0.2) is 0 Å². The second-order valence-corrected chi connectivity index (χ2v) is 5.28. The summed E-state index contributed by atoms with van der Waals surface area (Å²) in [5.74, 6) is 6.66. The predicted molar refractivity (Wildman–Crippen MR) is 87.7 cm³/mol. The Morgan fingerprint density at radius 1 is 1.10 bits per heavy atom. The third kappa shape index (κ3) is 4.56. The van der Waals surface area contributed by atoms with Gasteiger partial charge < -0.3 is 9.84 Å². The fourth-order valence-corrected chi connectivity index (χ4v) is 2.23. The lowest BCUT2D eigenvalue weighted by molar-refractivity contribution is 0.238. The third-order valence-electron chi connectivity index (χ3n) is 2.95. The molecule has 0 aliphatic carbocycles. The van der Waals surface area contributed by atoms with Gasteiger partial charge >= 0.3 is 0 Å². The molecule has 0 heterocycles. The Morgan fingerprint density at radius 3 is 2.33 bits per heavy atom. The zero-order valence-corrected chi connectivity index (χ0v) is 13.0. The van der Waals surface area contributed by atoms with Gasteiger partial charge in [-0.2, -0.15) is 0 Å². The molecule has 0 saturated heterocycles. The number of thioether (sulfide) groups is 1. The number of hydrogen-bond acceptors (Lipinski definition) is 3. The van der Waals surface area contributed by atoms with E-state index in [9.17, 15) is 5.11 Å². The summed E-state index contributed by atoms with van der Waals surface area (Å²) in [7, 11) is 0. The maximum Gasteiger partial charge on any atom is 0.140 e. The number of aliphatic hydroxyl groups excluding tert-OH is 1. The molecule has 2 nitrogen and oxygen atoms in total. The SMILES string of the molecule is CCOc1ccc([C@@H](O)C#Cc2ccc(SC)cc2)cc1. The molecule has 0 fully saturated rings. The Balaban J connectivity index is 2.06. The van der Waals surface area contributed by atoms with Gasteiger partial charge in [-0.15, -0.1) is 11.8 Å². The minimum atomic E-state index is -0.791. The summed E-state index contributed by atoms with van der Waals surface area (Å²) in [6.45, 7) is 2.57. The first kappa shape index (κ1) is 15.5. The maximum atomic E-state index is 10.1. The van der Waals surface area contributed by atoms with Gasteiger partial charge in [0.05, 0.1) is 6.61 Å². The lowest BCUT2D eigenvalue weighted by atomic mass is 10.1. The highest BCUT2D eigenvalue weighted by Gasteiger charge is 2.03. The first-order valence-corrected chi connectivity index (χ1v) is 8.02. The lowest BCUT2D eigenvalue weighted by Gasteiger charge is -2.06. The van der Waals surface area contributed by atoms with E-state index >= 15 is 0 Å². The van der Waals surface area contributed by atoms with Gasteiger partial charge in [-0.3, -0.25) is 0 Å². The molecule has 2 aromatic carbocycles. The van der Waals surface area contributed by atoms with Crippen molar-refractivity contribution in [3.05, 3.63) is 59.7 Å². The largest absolute Gasteiger partial charge is 0.494 e. The Kier molecular flexibility index (Phi) is 5.74. The average molecular weight is 298 g/mol. The number of benzene rings is 2. The van der Waals surface area contributed by atoms with Gasteiger partial charge in [0.2, 0.25) is 0 Å². The monoisotopic (exact) mass is 298 g/mol. The van der Waals surface area contributed by atoms with Crippen molar-refractivity contribution in [2.75, 3.05) is 12.9 Å². The topological polar surface area (TPSA) is 29.5 Å². The number of rotatable bonds is 4. The van der Waals surface area contributed by atoms with Crippen molar-refractivity contribution in [2.45, 2.75) is 17.9 Å². The van der Waals surface area contributed by atoms with Crippen molar-refractivity contribution in [1.82, 2.24) is 0 Å². The molecule has 2 aromatic rings. The summed E-state index contributed by atoms with van der Waals surface area (Å²) in [6.07, 6.45) is 1.25. The molecule has 0 amide bonds. The van der Waals surface area contributed by atoms with Crippen molar-refractivity contribution in [3.8, 4) is 17.6 Å². The number of aliphatic hydroxyl groups is 1. The molecule has 0 saturated carbocycles. The smallest absolute Gasteiger partial charge is 0.140 e. The Morgan fingerprint density at radius 2 is 1.76 bits per heavy atom. The predicted octanol–water partition coefficient (Wildman–Crippen LogP) is 3.89. The van der Waals surface area contributed by atoms with E-state index in [2.05, 4.69) is 11.8 Å². The number of hydrogen-bond donors (Lipinski definition) is 1. The van der Waals surface area contributed by atoms with Gasteiger partial charge in [-0.05, 0) is 55.1 Å². The molecule has 0 bridgehead atoms. The quantitative estimate of drug-likeness (QED) is 0.686. The normalized spacial score (nSPS) is 11.4. The maximum absolute atomic E-state index is 10.1. The van der Waals surface area contributed by atoms with Crippen molar-refractivity contribution >= 4 is 11.8 Å². The molecule has 0 spiro atoms. The fraction of sp³-hybridized carbons (Fsp3) is 0.222. The van der Waals surface area contributed by atoms with E-state index in [4.69, 9.17) is 4.74 Å². The van der Waals surface area contributed by atoms with E-state index in [-0.39, 0.29) is 0 Å². The van der Waals surface area contributed by atoms with Crippen molar-refractivity contribution < 1.29 is 9.84 Å². The van der Waals surface area contributed by atoms with Crippen LogP contribution in [-0.2, 0) is 0 Å². The van der Waals surface area contributed by atoms with Crippen LogP contribution in [-0.4, -0.2) is 18.0 Å². The second-order valence-electron chi connectivity index (χ2n) is 4.40. The van der Waals surface area contributed by atoms with Crippen molar-refractivity contribution in [3.63, 3.8) is 0 Å². The molecule has 0 aliphatic heterocycles. The Labute approximate surface area is 130 Å². The molecule has 21 heavy (non-hydrogen) atoms. The van der Waals surface area contributed by atoms with E-state index in [1.807, 2.05) is 61.7 Å². The molecule has 1 N–H and O–H groups in total. The molecule has 0 radical (unpaired) electrons. The summed E-state index contributed by atoms with van der Waals surface area (Å²) in [6, 6.07) is 15.3. The van der Waals surface area contributed by atoms with E-state index in [0.717, 1.165) is 16.9 Å². The zero-order chi connectivity index (χ0) is 15.1.